The van der Waals surface area contributed by atoms with Crippen molar-refractivity contribution in [3.05, 3.63) is 0 Å². The molecule has 0 N–H and O–H groups in total. The molecule has 2 nitrogen and oxygen atoms in total. The molecule has 0 aliphatic heterocycles. The summed E-state index contributed by atoms with van der Waals surface area (Å²) < 4.78 is 11.4. The smallest absolute Gasteiger partial charge is 0.0780 e. The minimum atomic E-state index is 0.119. The normalized spacial score (nSPS) is 19.6. The third kappa shape index (κ3) is 4.83. The Balaban J connectivity index is 2.02. The van der Waals surface area contributed by atoms with E-state index in [1.165, 1.54) is 32.1 Å². The SMILES string of the molecule is CCCCOCCOC1(CBr)CCCC1. The summed E-state index contributed by atoms with van der Waals surface area (Å²) in [5.41, 5.74) is 0.119. The van der Waals surface area contributed by atoms with E-state index in [2.05, 4.69) is 22.9 Å². The summed E-state index contributed by atoms with van der Waals surface area (Å²) in [6.07, 6.45) is 7.38. The van der Waals surface area contributed by atoms with E-state index in [-0.39, 0.29) is 5.60 Å². The lowest BCUT2D eigenvalue weighted by atomic mass is 10.1. The largest absolute Gasteiger partial charge is 0.379 e. The summed E-state index contributed by atoms with van der Waals surface area (Å²) in [4.78, 5) is 0. The average Bonchev–Trinajstić information content (AvgIpc) is 2.73. The zero-order valence-electron chi connectivity index (χ0n) is 9.77. The van der Waals surface area contributed by atoms with Crippen LogP contribution in [-0.2, 0) is 9.47 Å². The fraction of sp³-hybridized carbons (Fsp3) is 1.00. The molecule has 0 unspecified atom stereocenters. The first kappa shape index (κ1) is 13.5. The molecule has 0 atom stereocenters. The van der Waals surface area contributed by atoms with E-state index in [0.717, 1.165) is 31.6 Å². The molecular formula is C12H23BrO2. The van der Waals surface area contributed by atoms with Crippen molar-refractivity contribution in [2.45, 2.75) is 51.0 Å². The topological polar surface area (TPSA) is 18.5 Å². The van der Waals surface area contributed by atoms with Gasteiger partial charge in [0.15, 0.2) is 0 Å². The van der Waals surface area contributed by atoms with Crippen LogP contribution in [0.3, 0.4) is 0 Å². The predicted molar refractivity (Wildman–Crippen MR) is 66.7 cm³/mol. The van der Waals surface area contributed by atoms with Gasteiger partial charge in [0.25, 0.3) is 0 Å². The van der Waals surface area contributed by atoms with Crippen LogP contribution in [0, 0.1) is 0 Å². The molecule has 15 heavy (non-hydrogen) atoms. The third-order valence-corrected chi connectivity index (χ3v) is 4.06. The van der Waals surface area contributed by atoms with Gasteiger partial charge in [0.1, 0.15) is 0 Å². The molecule has 1 saturated carbocycles. The van der Waals surface area contributed by atoms with E-state index < -0.39 is 0 Å². The van der Waals surface area contributed by atoms with Crippen LogP contribution >= 0.6 is 15.9 Å². The van der Waals surface area contributed by atoms with Crippen LogP contribution < -0.4 is 0 Å². The Morgan fingerprint density at radius 1 is 1.13 bits per heavy atom. The van der Waals surface area contributed by atoms with Gasteiger partial charge in [-0.3, -0.25) is 0 Å². The van der Waals surface area contributed by atoms with Crippen molar-refractivity contribution in [3.63, 3.8) is 0 Å². The van der Waals surface area contributed by atoms with Crippen LogP contribution in [0.2, 0.25) is 0 Å². The number of hydrogen-bond donors (Lipinski definition) is 0. The molecule has 0 radical (unpaired) electrons. The second-order valence-electron chi connectivity index (χ2n) is 4.34. The molecule has 0 amide bonds. The van der Waals surface area contributed by atoms with Crippen molar-refractivity contribution in [1.29, 1.82) is 0 Å². The molecule has 0 aromatic carbocycles. The van der Waals surface area contributed by atoms with E-state index in [4.69, 9.17) is 9.47 Å². The van der Waals surface area contributed by atoms with Gasteiger partial charge in [-0.05, 0) is 19.3 Å². The second-order valence-corrected chi connectivity index (χ2v) is 4.90. The van der Waals surface area contributed by atoms with E-state index >= 15 is 0 Å². The Bertz CT molecular complexity index is 156. The zero-order chi connectivity index (χ0) is 11.0. The molecule has 0 bridgehead atoms. The third-order valence-electron chi connectivity index (χ3n) is 3.04. The molecule has 1 fully saturated rings. The number of unbranched alkanes of at least 4 members (excludes halogenated alkanes) is 1. The minimum absolute atomic E-state index is 0.119. The van der Waals surface area contributed by atoms with Crippen molar-refractivity contribution >= 4 is 15.9 Å². The van der Waals surface area contributed by atoms with Crippen LogP contribution in [0.25, 0.3) is 0 Å². The maximum absolute atomic E-state index is 5.95. The van der Waals surface area contributed by atoms with Crippen LogP contribution in [0.15, 0.2) is 0 Å². The highest BCUT2D eigenvalue weighted by molar-refractivity contribution is 9.09. The van der Waals surface area contributed by atoms with Gasteiger partial charge in [-0.25, -0.2) is 0 Å². The van der Waals surface area contributed by atoms with Crippen LogP contribution in [0.1, 0.15) is 45.4 Å². The summed E-state index contributed by atoms with van der Waals surface area (Å²) >= 11 is 3.56. The van der Waals surface area contributed by atoms with Crippen LogP contribution in [-0.4, -0.2) is 30.8 Å². The molecule has 0 spiro atoms. The Kier molecular flexibility index (Phi) is 6.86. The summed E-state index contributed by atoms with van der Waals surface area (Å²) in [6.45, 7) is 4.55. The van der Waals surface area contributed by atoms with Crippen molar-refractivity contribution in [2.75, 3.05) is 25.2 Å². The maximum atomic E-state index is 5.95. The number of ether oxygens (including phenoxy) is 2. The van der Waals surface area contributed by atoms with Gasteiger partial charge in [0.05, 0.1) is 18.8 Å². The van der Waals surface area contributed by atoms with Gasteiger partial charge in [0, 0.05) is 11.9 Å². The lowest BCUT2D eigenvalue weighted by Gasteiger charge is -2.27. The molecule has 1 rings (SSSR count). The monoisotopic (exact) mass is 278 g/mol. The van der Waals surface area contributed by atoms with Gasteiger partial charge in [-0.15, -0.1) is 0 Å². The molecule has 0 saturated heterocycles. The first-order valence-corrected chi connectivity index (χ1v) is 7.23. The lowest BCUT2D eigenvalue weighted by molar-refractivity contribution is -0.0489. The molecule has 90 valence electrons. The van der Waals surface area contributed by atoms with Crippen LogP contribution in [0.5, 0.6) is 0 Å². The predicted octanol–water partition coefficient (Wildman–Crippen LogP) is 3.53. The Morgan fingerprint density at radius 2 is 1.87 bits per heavy atom. The molecule has 1 aliphatic carbocycles. The van der Waals surface area contributed by atoms with E-state index in [0.29, 0.717) is 0 Å². The summed E-state index contributed by atoms with van der Waals surface area (Å²) in [7, 11) is 0. The molecular weight excluding hydrogens is 256 g/mol. The first-order chi connectivity index (χ1) is 7.33. The van der Waals surface area contributed by atoms with E-state index in [1.807, 2.05) is 0 Å². The quantitative estimate of drug-likeness (QED) is 0.500. The Morgan fingerprint density at radius 3 is 2.47 bits per heavy atom. The van der Waals surface area contributed by atoms with Gasteiger partial charge in [-0.2, -0.15) is 0 Å². The summed E-state index contributed by atoms with van der Waals surface area (Å²) in [6, 6.07) is 0. The lowest BCUT2D eigenvalue weighted by Crippen LogP contribution is -2.32. The van der Waals surface area contributed by atoms with Gasteiger partial charge >= 0.3 is 0 Å². The highest BCUT2D eigenvalue weighted by Crippen LogP contribution is 2.34. The van der Waals surface area contributed by atoms with E-state index in [1.54, 1.807) is 0 Å². The standard InChI is InChI=1S/C12H23BrO2/c1-2-3-8-14-9-10-15-12(11-13)6-4-5-7-12/h2-11H2,1H3. The number of rotatable bonds is 8. The number of halogens is 1. The molecule has 0 heterocycles. The molecule has 0 aromatic heterocycles. The summed E-state index contributed by atoms with van der Waals surface area (Å²) in [5, 5.41) is 0.967. The Hall–Kier alpha value is 0.400. The highest BCUT2D eigenvalue weighted by Gasteiger charge is 2.33. The zero-order valence-corrected chi connectivity index (χ0v) is 11.4. The second kappa shape index (κ2) is 7.64. The minimum Gasteiger partial charge on any atom is -0.379 e. The fourth-order valence-corrected chi connectivity index (χ4v) is 2.72. The maximum Gasteiger partial charge on any atom is 0.0780 e. The first-order valence-electron chi connectivity index (χ1n) is 6.11. The summed E-state index contributed by atoms with van der Waals surface area (Å²) in [5.74, 6) is 0. The number of alkyl halides is 1. The van der Waals surface area contributed by atoms with E-state index in [9.17, 15) is 0 Å². The average molecular weight is 279 g/mol. The van der Waals surface area contributed by atoms with Crippen molar-refractivity contribution in [1.82, 2.24) is 0 Å². The van der Waals surface area contributed by atoms with Crippen molar-refractivity contribution in [3.8, 4) is 0 Å². The molecule has 1 aliphatic rings. The van der Waals surface area contributed by atoms with Crippen molar-refractivity contribution < 1.29 is 9.47 Å². The van der Waals surface area contributed by atoms with Gasteiger partial charge in [-0.1, -0.05) is 42.1 Å². The molecule has 0 aromatic rings. The number of hydrogen-bond acceptors (Lipinski definition) is 2. The van der Waals surface area contributed by atoms with Gasteiger partial charge < -0.3 is 9.47 Å². The van der Waals surface area contributed by atoms with Crippen LogP contribution in [0.4, 0.5) is 0 Å². The highest BCUT2D eigenvalue weighted by atomic mass is 79.9. The molecule has 3 heteroatoms. The fourth-order valence-electron chi connectivity index (χ4n) is 2.00. The van der Waals surface area contributed by atoms with Gasteiger partial charge in [0.2, 0.25) is 0 Å². The Labute approximate surface area is 102 Å². The van der Waals surface area contributed by atoms with Crippen molar-refractivity contribution in [2.24, 2.45) is 0 Å².